The van der Waals surface area contributed by atoms with Gasteiger partial charge in [0.05, 0.1) is 10.2 Å². The first-order valence-electron chi connectivity index (χ1n) is 8.40. The van der Waals surface area contributed by atoms with Crippen LogP contribution in [0.25, 0.3) is 10.2 Å². The van der Waals surface area contributed by atoms with E-state index >= 15 is 0 Å². The van der Waals surface area contributed by atoms with Gasteiger partial charge < -0.3 is 14.6 Å². The van der Waals surface area contributed by atoms with E-state index in [1.807, 2.05) is 17.8 Å². The van der Waals surface area contributed by atoms with Gasteiger partial charge in [-0.05, 0) is 31.4 Å². The van der Waals surface area contributed by atoms with E-state index in [0.717, 1.165) is 42.4 Å². The number of thiazole rings is 1. The van der Waals surface area contributed by atoms with Crippen molar-refractivity contribution < 1.29 is 5.11 Å². The summed E-state index contributed by atoms with van der Waals surface area (Å²) in [6, 6.07) is 6.27. The van der Waals surface area contributed by atoms with E-state index in [4.69, 9.17) is 4.98 Å². The average molecular weight is 342 g/mol. The predicted octanol–water partition coefficient (Wildman–Crippen LogP) is 3.29. The molecule has 2 atom stereocenters. The molecule has 3 aromatic rings. The Morgan fingerprint density at radius 2 is 2.25 bits per heavy atom. The van der Waals surface area contributed by atoms with Gasteiger partial charge in [0.2, 0.25) is 0 Å². The van der Waals surface area contributed by atoms with Crippen molar-refractivity contribution in [3.8, 4) is 0 Å². The number of imidazole rings is 1. The third-order valence-corrected chi connectivity index (χ3v) is 6.17. The molecule has 1 aliphatic rings. The number of aromatic nitrogens is 3. The topological polar surface area (TPSA) is 54.2 Å². The Labute approximate surface area is 145 Å². The fourth-order valence-corrected chi connectivity index (χ4v) is 4.59. The van der Waals surface area contributed by atoms with Gasteiger partial charge in [-0.3, -0.25) is 0 Å². The Morgan fingerprint density at radius 3 is 3.00 bits per heavy atom. The highest BCUT2D eigenvalue weighted by molar-refractivity contribution is 7.22. The molecule has 126 valence electrons. The fourth-order valence-electron chi connectivity index (χ4n) is 3.52. The van der Waals surface area contributed by atoms with Gasteiger partial charge in [0.15, 0.2) is 5.13 Å². The lowest BCUT2D eigenvalue weighted by Gasteiger charge is -2.34. The van der Waals surface area contributed by atoms with Crippen LogP contribution in [0.1, 0.15) is 30.3 Å². The Kier molecular flexibility index (Phi) is 4.02. The molecule has 1 aromatic carbocycles. The summed E-state index contributed by atoms with van der Waals surface area (Å²) in [5.41, 5.74) is 2.35. The molecule has 3 heterocycles. The Hall–Kier alpha value is -1.92. The second-order valence-electron chi connectivity index (χ2n) is 6.61. The quantitative estimate of drug-likeness (QED) is 0.793. The molecule has 2 aromatic heterocycles. The van der Waals surface area contributed by atoms with Gasteiger partial charge in [0.25, 0.3) is 0 Å². The standard InChI is InChI=1S/C18H22N4OS/c1-12-5-3-7-14-16(12)24-18(20-14)22-9-4-6-13(11-22)15(23)17-19-8-10-21(17)2/h3,5,7-8,10,13,15,23H,4,6,9,11H2,1-2H3/t13-,15-/m0/s1. The summed E-state index contributed by atoms with van der Waals surface area (Å²) in [5, 5.41) is 11.8. The molecule has 4 rings (SSSR count). The molecule has 0 aliphatic carbocycles. The smallest absolute Gasteiger partial charge is 0.186 e. The molecule has 24 heavy (non-hydrogen) atoms. The van der Waals surface area contributed by atoms with Crippen molar-refractivity contribution in [1.29, 1.82) is 0 Å². The number of fused-ring (bicyclic) bond motifs is 1. The Bertz CT molecular complexity index is 856. The van der Waals surface area contributed by atoms with Crippen LogP contribution in [0.2, 0.25) is 0 Å². The van der Waals surface area contributed by atoms with Crippen molar-refractivity contribution in [1.82, 2.24) is 14.5 Å². The minimum atomic E-state index is -0.524. The van der Waals surface area contributed by atoms with E-state index in [-0.39, 0.29) is 5.92 Å². The number of nitrogens with zero attached hydrogens (tertiary/aromatic N) is 4. The van der Waals surface area contributed by atoms with Crippen LogP contribution in [0.3, 0.4) is 0 Å². The molecular formula is C18H22N4OS. The van der Waals surface area contributed by atoms with Crippen LogP contribution >= 0.6 is 11.3 Å². The maximum absolute atomic E-state index is 10.7. The van der Waals surface area contributed by atoms with Gasteiger partial charge in [0, 0.05) is 38.4 Å². The number of aliphatic hydroxyl groups excluding tert-OH is 1. The van der Waals surface area contributed by atoms with Crippen molar-refractivity contribution in [2.75, 3.05) is 18.0 Å². The zero-order valence-electron chi connectivity index (χ0n) is 14.0. The number of aryl methyl sites for hydroxylation is 2. The van der Waals surface area contributed by atoms with E-state index in [9.17, 15) is 5.11 Å². The molecule has 1 N–H and O–H groups in total. The van der Waals surface area contributed by atoms with Crippen LogP contribution in [0.15, 0.2) is 30.6 Å². The maximum atomic E-state index is 10.7. The lowest BCUT2D eigenvalue weighted by atomic mass is 9.92. The van der Waals surface area contributed by atoms with Crippen molar-refractivity contribution in [3.63, 3.8) is 0 Å². The second-order valence-corrected chi connectivity index (χ2v) is 7.59. The van der Waals surface area contributed by atoms with Gasteiger partial charge in [-0.15, -0.1) is 0 Å². The number of aliphatic hydroxyl groups is 1. The van der Waals surface area contributed by atoms with Crippen LogP contribution in [0.5, 0.6) is 0 Å². The molecule has 6 heteroatoms. The summed E-state index contributed by atoms with van der Waals surface area (Å²) < 4.78 is 3.17. The van der Waals surface area contributed by atoms with Crippen molar-refractivity contribution in [3.05, 3.63) is 42.0 Å². The SMILES string of the molecule is Cc1cccc2nc(N3CCC[C@H]([C@H](O)c4nccn4C)C3)sc12. The highest BCUT2D eigenvalue weighted by Crippen LogP contribution is 2.35. The molecule has 0 bridgehead atoms. The van der Waals surface area contributed by atoms with Crippen LogP contribution < -0.4 is 4.90 Å². The van der Waals surface area contributed by atoms with E-state index in [0.29, 0.717) is 0 Å². The first-order valence-corrected chi connectivity index (χ1v) is 9.21. The van der Waals surface area contributed by atoms with E-state index in [1.165, 1.54) is 10.3 Å². The van der Waals surface area contributed by atoms with Crippen molar-refractivity contribution in [2.24, 2.45) is 13.0 Å². The summed E-state index contributed by atoms with van der Waals surface area (Å²) in [5.74, 6) is 0.940. The summed E-state index contributed by atoms with van der Waals surface area (Å²) in [6.45, 7) is 3.96. The molecule has 0 unspecified atom stereocenters. The van der Waals surface area contributed by atoms with Gasteiger partial charge in [-0.25, -0.2) is 9.97 Å². The van der Waals surface area contributed by atoms with Crippen molar-refractivity contribution in [2.45, 2.75) is 25.9 Å². The third-order valence-electron chi connectivity index (χ3n) is 4.90. The molecule has 0 radical (unpaired) electrons. The Morgan fingerprint density at radius 1 is 1.38 bits per heavy atom. The molecule has 0 amide bonds. The molecule has 1 saturated heterocycles. The highest BCUT2D eigenvalue weighted by atomic mass is 32.1. The highest BCUT2D eigenvalue weighted by Gasteiger charge is 2.30. The maximum Gasteiger partial charge on any atom is 0.186 e. The molecular weight excluding hydrogens is 320 g/mol. The van der Waals surface area contributed by atoms with Gasteiger partial charge >= 0.3 is 0 Å². The number of hydrogen-bond donors (Lipinski definition) is 1. The van der Waals surface area contributed by atoms with Crippen LogP contribution in [-0.2, 0) is 7.05 Å². The second kappa shape index (κ2) is 6.18. The minimum Gasteiger partial charge on any atom is -0.385 e. The van der Waals surface area contributed by atoms with E-state index in [2.05, 4.69) is 35.0 Å². The fraction of sp³-hybridized carbons (Fsp3) is 0.444. The monoisotopic (exact) mass is 342 g/mol. The third kappa shape index (κ3) is 2.70. The Balaban J connectivity index is 1.58. The minimum absolute atomic E-state index is 0.188. The average Bonchev–Trinajstić information content (AvgIpc) is 3.21. The van der Waals surface area contributed by atoms with E-state index in [1.54, 1.807) is 17.5 Å². The number of hydrogen-bond acceptors (Lipinski definition) is 5. The number of rotatable bonds is 3. The molecule has 1 aliphatic heterocycles. The normalized spacial score (nSPS) is 19.8. The van der Waals surface area contributed by atoms with Crippen LogP contribution in [0, 0.1) is 12.8 Å². The number of benzene rings is 1. The summed E-state index contributed by atoms with van der Waals surface area (Å²) in [4.78, 5) is 11.5. The van der Waals surface area contributed by atoms with Gasteiger partial charge in [-0.1, -0.05) is 23.5 Å². The lowest BCUT2D eigenvalue weighted by Crippen LogP contribution is -2.38. The van der Waals surface area contributed by atoms with Gasteiger partial charge in [0.1, 0.15) is 11.9 Å². The summed E-state index contributed by atoms with van der Waals surface area (Å²) in [6.07, 6.45) is 5.20. The number of anilines is 1. The largest absolute Gasteiger partial charge is 0.385 e. The summed E-state index contributed by atoms with van der Waals surface area (Å²) in [7, 11) is 1.93. The van der Waals surface area contributed by atoms with Crippen molar-refractivity contribution >= 4 is 26.7 Å². The predicted molar refractivity (Wildman–Crippen MR) is 97.5 cm³/mol. The van der Waals surface area contributed by atoms with E-state index < -0.39 is 6.10 Å². The number of piperidine rings is 1. The zero-order chi connectivity index (χ0) is 16.7. The molecule has 5 nitrogen and oxygen atoms in total. The molecule has 0 spiro atoms. The lowest BCUT2D eigenvalue weighted by molar-refractivity contribution is 0.0875. The van der Waals surface area contributed by atoms with Gasteiger partial charge in [-0.2, -0.15) is 0 Å². The first-order chi connectivity index (χ1) is 11.6. The first kappa shape index (κ1) is 15.6. The van der Waals surface area contributed by atoms with Crippen LogP contribution in [0.4, 0.5) is 5.13 Å². The van der Waals surface area contributed by atoms with Crippen LogP contribution in [-0.4, -0.2) is 32.7 Å². The summed E-state index contributed by atoms with van der Waals surface area (Å²) >= 11 is 1.76. The molecule has 1 fully saturated rings. The zero-order valence-corrected chi connectivity index (χ0v) is 14.8. The molecule has 0 saturated carbocycles.